The number of carbonyl (C=O) groups is 1. The van der Waals surface area contributed by atoms with Crippen LogP contribution in [0.2, 0.25) is 0 Å². The molecular weight excluding hydrogens is 228 g/mol. The summed E-state index contributed by atoms with van der Waals surface area (Å²) in [4.78, 5) is 16.2. The van der Waals surface area contributed by atoms with Gasteiger partial charge >= 0.3 is 0 Å². The summed E-state index contributed by atoms with van der Waals surface area (Å²) < 4.78 is 6.03. The Morgan fingerprint density at radius 1 is 1.22 bits per heavy atom. The first-order chi connectivity index (χ1) is 8.65. The largest absolute Gasteiger partial charge is 0.363 e. The van der Waals surface area contributed by atoms with Crippen LogP contribution < -0.4 is 0 Å². The minimum atomic E-state index is -0.192. The molecule has 4 nitrogen and oxygen atoms in total. The molecule has 1 saturated carbocycles. The summed E-state index contributed by atoms with van der Waals surface area (Å²) >= 11 is 0. The number of hydrogen-bond donors (Lipinski definition) is 0. The van der Waals surface area contributed by atoms with Gasteiger partial charge in [-0.05, 0) is 38.0 Å². The van der Waals surface area contributed by atoms with Crippen LogP contribution in [0.4, 0.5) is 0 Å². The average Bonchev–Trinajstić information content (AvgIpc) is 3.08. The second kappa shape index (κ2) is 4.82. The van der Waals surface area contributed by atoms with Crippen molar-refractivity contribution in [1.29, 1.82) is 0 Å². The van der Waals surface area contributed by atoms with Crippen LogP contribution in [-0.4, -0.2) is 61.1 Å². The third-order valence-corrected chi connectivity index (χ3v) is 4.57. The smallest absolute Gasteiger partial charge is 0.251 e. The first kappa shape index (κ1) is 12.4. The molecule has 0 aromatic rings. The maximum Gasteiger partial charge on any atom is 0.251 e. The third kappa shape index (κ3) is 2.41. The predicted octanol–water partition coefficient (Wildman–Crippen LogP) is 1.11. The van der Waals surface area contributed by atoms with Gasteiger partial charge in [-0.2, -0.15) is 0 Å². The van der Waals surface area contributed by atoms with E-state index >= 15 is 0 Å². The van der Waals surface area contributed by atoms with E-state index in [2.05, 4.69) is 4.90 Å². The van der Waals surface area contributed by atoms with Crippen molar-refractivity contribution in [1.82, 2.24) is 9.80 Å². The number of carbonyl (C=O) groups excluding carboxylic acids is 1. The fraction of sp³-hybridized carbons (Fsp3) is 0.929. The Balaban J connectivity index is 1.57. The predicted molar refractivity (Wildman–Crippen MR) is 69.3 cm³/mol. The first-order valence-electron chi connectivity index (χ1n) is 7.26. The number of ether oxygens (including phenoxy) is 1. The molecule has 0 radical (unpaired) electrons. The summed E-state index contributed by atoms with van der Waals surface area (Å²) in [6.07, 6.45) is 6.05. The van der Waals surface area contributed by atoms with E-state index in [1.54, 1.807) is 4.90 Å². The van der Waals surface area contributed by atoms with E-state index in [1.165, 1.54) is 19.4 Å². The molecule has 3 atom stereocenters. The fourth-order valence-electron chi connectivity index (χ4n) is 3.34. The lowest BCUT2D eigenvalue weighted by atomic mass is 9.98. The molecule has 2 saturated heterocycles. The van der Waals surface area contributed by atoms with Crippen LogP contribution in [0.3, 0.4) is 0 Å². The number of fused-ring (bicyclic) bond motifs is 1. The van der Waals surface area contributed by atoms with E-state index in [9.17, 15) is 4.79 Å². The van der Waals surface area contributed by atoms with E-state index < -0.39 is 0 Å². The fourth-order valence-corrected chi connectivity index (χ4v) is 3.34. The summed E-state index contributed by atoms with van der Waals surface area (Å²) in [7, 11) is 3.62. The van der Waals surface area contributed by atoms with Gasteiger partial charge in [-0.3, -0.25) is 9.69 Å². The molecule has 18 heavy (non-hydrogen) atoms. The molecule has 2 aliphatic heterocycles. The van der Waals surface area contributed by atoms with E-state index in [1.807, 2.05) is 14.1 Å². The number of hydrogen-bond acceptors (Lipinski definition) is 3. The van der Waals surface area contributed by atoms with Gasteiger partial charge in [0.1, 0.15) is 6.10 Å². The first-order valence-corrected chi connectivity index (χ1v) is 7.26. The number of likely N-dealkylation sites (N-methyl/N-ethyl adjacent to an activating group) is 1. The van der Waals surface area contributed by atoms with Crippen LogP contribution in [0.5, 0.6) is 0 Å². The van der Waals surface area contributed by atoms with Gasteiger partial charge in [-0.1, -0.05) is 0 Å². The molecule has 102 valence electrons. The highest BCUT2D eigenvalue weighted by molar-refractivity contribution is 5.80. The molecule has 0 aromatic carbocycles. The van der Waals surface area contributed by atoms with E-state index in [-0.39, 0.29) is 12.0 Å². The number of likely N-dealkylation sites (tertiary alicyclic amines) is 1. The minimum absolute atomic E-state index is 0.133. The molecule has 0 aromatic heterocycles. The molecule has 0 bridgehead atoms. The van der Waals surface area contributed by atoms with Crippen LogP contribution in [-0.2, 0) is 9.53 Å². The van der Waals surface area contributed by atoms with Gasteiger partial charge in [0.15, 0.2) is 0 Å². The SMILES string of the molecule is CN(C)C(=O)[C@@H]1CC[C@@H]2[C@@H](CCN2CC2CC2)O1. The van der Waals surface area contributed by atoms with Gasteiger partial charge in [0.2, 0.25) is 0 Å². The van der Waals surface area contributed by atoms with Gasteiger partial charge in [-0.15, -0.1) is 0 Å². The summed E-state index contributed by atoms with van der Waals surface area (Å²) in [5.74, 6) is 1.08. The van der Waals surface area contributed by atoms with E-state index in [0.29, 0.717) is 12.1 Å². The van der Waals surface area contributed by atoms with Crippen LogP contribution in [0.25, 0.3) is 0 Å². The quantitative estimate of drug-likeness (QED) is 0.754. The summed E-state index contributed by atoms with van der Waals surface area (Å²) in [5, 5.41) is 0. The second-order valence-electron chi connectivity index (χ2n) is 6.27. The zero-order chi connectivity index (χ0) is 12.7. The van der Waals surface area contributed by atoms with E-state index in [4.69, 9.17) is 4.74 Å². The Morgan fingerprint density at radius 3 is 2.67 bits per heavy atom. The van der Waals surface area contributed by atoms with E-state index in [0.717, 1.165) is 31.7 Å². The molecule has 3 aliphatic rings. The lowest BCUT2D eigenvalue weighted by Gasteiger charge is -2.36. The molecule has 3 fully saturated rings. The van der Waals surface area contributed by atoms with Crippen molar-refractivity contribution in [2.24, 2.45) is 5.92 Å². The zero-order valence-electron chi connectivity index (χ0n) is 11.5. The highest BCUT2D eigenvalue weighted by Gasteiger charge is 2.43. The monoisotopic (exact) mass is 252 g/mol. The van der Waals surface area contributed by atoms with Crippen LogP contribution in [0.1, 0.15) is 32.1 Å². The van der Waals surface area contributed by atoms with Crippen molar-refractivity contribution in [3.63, 3.8) is 0 Å². The molecule has 4 heteroatoms. The number of nitrogens with zero attached hydrogens (tertiary/aromatic N) is 2. The Hall–Kier alpha value is -0.610. The zero-order valence-corrected chi connectivity index (χ0v) is 11.5. The van der Waals surface area contributed by atoms with Crippen LogP contribution in [0.15, 0.2) is 0 Å². The lowest BCUT2D eigenvalue weighted by molar-refractivity contribution is -0.152. The Kier molecular flexibility index (Phi) is 3.32. The number of amides is 1. The van der Waals surface area contributed by atoms with Crippen molar-refractivity contribution >= 4 is 5.91 Å². The van der Waals surface area contributed by atoms with Crippen molar-refractivity contribution in [2.75, 3.05) is 27.2 Å². The third-order valence-electron chi connectivity index (χ3n) is 4.57. The lowest BCUT2D eigenvalue weighted by Crippen LogP contribution is -2.47. The van der Waals surface area contributed by atoms with Crippen molar-refractivity contribution in [3.05, 3.63) is 0 Å². The maximum absolute atomic E-state index is 11.9. The van der Waals surface area contributed by atoms with Gasteiger partial charge in [-0.25, -0.2) is 0 Å². The van der Waals surface area contributed by atoms with Gasteiger partial charge < -0.3 is 9.64 Å². The van der Waals surface area contributed by atoms with Crippen LogP contribution >= 0.6 is 0 Å². The van der Waals surface area contributed by atoms with Crippen LogP contribution in [0, 0.1) is 5.92 Å². The normalized spacial score (nSPS) is 36.4. The molecule has 0 N–H and O–H groups in total. The molecule has 2 heterocycles. The molecule has 0 spiro atoms. The maximum atomic E-state index is 11.9. The molecule has 0 unspecified atom stereocenters. The molecule has 1 aliphatic carbocycles. The number of rotatable bonds is 3. The molecule has 1 amide bonds. The highest BCUT2D eigenvalue weighted by Crippen LogP contribution is 2.36. The van der Waals surface area contributed by atoms with Crippen molar-refractivity contribution < 1.29 is 9.53 Å². The Bertz CT molecular complexity index is 328. The molecule has 3 rings (SSSR count). The highest BCUT2D eigenvalue weighted by atomic mass is 16.5. The molecular formula is C14H24N2O2. The van der Waals surface area contributed by atoms with Crippen molar-refractivity contribution in [3.8, 4) is 0 Å². The topological polar surface area (TPSA) is 32.8 Å². The Labute approximate surface area is 109 Å². The summed E-state index contributed by atoms with van der Waals surface area (Å²) in [5.41, 5.74) is 0. The van der Waals surface area contributed by atoms with Crippen molar-refractivity contribution in [2.45, 2.75) is 50.4 Å². The second-order valence-corrected chi connectivity index (χ2v) is 6.27. The summed E-state index contributed by atoms with van der Waals surface area (Å²) in [6, 6.07) is 0.580. The average molecular weight is 252 g/mol. The standard InChI is InChI=1S/C14H24N2O2/c1-15(2)14(17)13-6-5-11-12(18-13)7-8-16(11)9-10-3-4-10/h10-13H,3-9H2,1-2H3/t11-,12-,13+/m1/s1. The van der Waals surface area contributed by atoms with Gasteiger partial charge in [0, 0.05) is 33.2 Å². The summed E-state index contributed by atoms with van der Waals surface area (Å²) in [6.45, 7) is 2.42. The van der Waals surface area contributed by atoms with Gasteiger partial charge in [0.05, 0.1) is 6.10 Å². The minimum Gasteiger partial charge on any atom is -0.363 e. The Morgan fingerprint density at radius 2 is 2.00 bits per heavy atom. The van der Waals surface area contributed by atoms with Gasteiger partial charge in [0.25, 0.3) is 5.91 Å².